The van der Waals surface area contributed by atoms with Gasteiger partial charge < -0.3 is 15.3 Å². The molecule has 5 N–H and O–H groups in total. The van der Waals surface area contributed by atoms with Crippen LogP contribution in [0.15, 0.2) is 24.3 Å². The lowest BCUT2D eigenvalue weighted by Crippen LogP contribution is -2.31. The van der Waals surface area contributed by atoms with Crippen molar-refractivity contribution in [2.24, 2.45) is 5.84 Å². The summed E-state index contributed by atoms with van der Waals surface area (Å²) in [6.07, 6.45) is 1.38. The van der Waals surface area contributed by atoms with Gasteiger partial charge in [-0.05, 0) is 24.1 Å². The highest BCUT2D eigenvalue weighted by molar-refractivity contribution is 5.95. The lowest BCUT2D eigenvalue weighted by atomic mass is 10.1. The fourth-order valence-corrected chi connectivity index (χ4v) is 3.88. The molecule has 152 valence electrons. The van der Waals surface area contributed by atoms with Crippen LogP contribution in [-0.2, 0) is 27.3 Å². The lowest BCUT2D eigenvalue weighted by Gasteiger charge is -2.18. The van der Waals surface area contributed by atoms with E-state index >= 15 is 0 Å². The van der Waals surface area contributed by atoms with Gasteiger partial charge in [-0.15, -0.1) is 0 Å². The minimum atomic E-state index is -0.978. The first-order valence-corrected chi connectivity index (χ1v) is 9.42. The molecule has 1 saturated heterocycles. The van der Waals surface area contributed by atoms with Gasteiger partial charge in [-0.1, -0.05) is 12.1 Å². The second kappa shape index (κ2) is 7.64. The third kappa shape index (κ3) is 3.84. The number of anilines is 2. The summed E-state index contributed by atoms with van der Waals surface area (Å²) in [7, 11) is 0. The van der Waals surface area contributed by atoms with Crippen LogP contribution in [0, 0.1) is 0 Å². The zero-order valence-electron chi connectivity index (χ0n) is 15.7. The molecule has 1 fully saturated rings. The van der Waals surface area contributed by atoms with Crippen molar-refractivity contribution >= 4 is 29.3 Å². The van der Waals surface area contributed by atoms with Gasteiger partial charge in [-0.3, -0.25) is 25.3 Å². The molecule has 1 aromatic heterocycles. The van der Waals surface area contributed by atoms with Crippen molar-refractivity contribution in [1.82, 2.24) is 15.2 Å². The highest BCUT2D eigenvalue weighted by Crippen LogP contribution is 2.37. The monoisotopic (exact) mass is 398 g/mol. The second-order valence-corrected chi connectivity index (χ2v) is 7.29. The van der Waals surface area contributed by atoms with Gasteiger partial charge in [0.2, 0.25) is 11.8 Å². The number of hydrogen-bond donors (Lipinski definition) is 4. The van der Waals surface area contributed by atoms with Crippen molar-refractivity contribution in [3.05, 3.63) is 41.1 Å². The van der Waals surface area contributed by atoms with Crippen molar-refractivity contribution < 1.29 is 19.5 Å². The molecule has 4 rings (SSSR count). The number of carbonyl (C=O) groups excluding carboxylic acids is 2. The smallest absolute Gasteiger partial charge is 0.305 e. The number of amides is 2. The van der Waals surface area contributed by atoms with Crippen LogP contribution in [-0.4, -0.2) is 44.6 Å². The predicted octanol–water partition coefficient (Wildman–Crippen LogP) is 0.923. The molecule has 2 amide bonds. The Morgan fingerprint density at radius 1 is 1.31 bits per heavy atom. The van der Waals surface area contributed by atoms with Crippen molar-refractivity contribution in [3.63, 3.8) is 0 Å². The molecule has 0 aliphatic carbocycles. The van der Waals surface area contributed by atoms with Crippen molar-refractivity contribution in [3.8, 4) is 0 Å². The molecule has 2 aliphatic rings. The van der Waals surface area contributed by atoms with E-state index in [0.717, 1.165) is 24.2 Å². The number of aromatic amines is 1. The molecule has 0 saturated carbocycles. The molecule has 0 bridgehead atoms. The fourth-order valence-electron chi connectivity index (χ4n) is 3.88. The Bertz CT molecular complexity index is 954. The number of hydrogen-bond acceptors (Lipinski definition) is 6. The van der Waals surface area contributed by atoms with E-state index in [-0.39, 0.29) is 24.7 Å². The standard InChI is InChI=1S/C19H22N6O4/c20-25-10-13-18(14(25)9-17(28)29)19(23-22-13)21-15(26)8-11-3-5-12(6-4-11)24-7-1-2-16(24)27/h3-6,14H,1-2,7-10,20H2,(H,28,29)(H2,21,22,23,26). The highest BCUT2D eigenvalue weighted by Gasteiger charge is 2.35. The number of carbonyl (C=O) groups is 3. The van der Waals surface area contributed by atoms with E-state index in [1.807, 2.05) is 24.3 Å². The lowest BCUT2D eigenvalue weighted by molar-refractivity contribution is -0.138. The third-order valence-corrected chi connectivity index (χ3v) is 5.27. The number of nitrogens with two attached hydrogens (primary N) is 1. The Morgan fingerprint density at radius 3 is 2.72 bits per heavy atom. The predicted molar refractivity (Wildman–Crippen MR) is 104 cm³/mol. The summed E-state index contributed by atoms with van der Waals surface area (Å²) in [6, 6.07) is 6.78. The average molecular weight is 398 g/mol. The Labute approximate surface area is 166 Å². The molecule has 0 radical (unpaired) electrons. The fraction of sp³-hybridized carbons (Fsp3) is 0.368. The quantitative estimate of drug-likeness (QED) is 0.530. The number of carboxylic acids is 1. The van der Waals surface area contributed by atoms with E-state index in [2.05, 4.69) is 15.5 Å². The molecule has 1 unspecified atom stereocenters. The van der Waals surface area contributed by atoms with E-state index < -0.39 is 12.0 Å². The van der Waals surface area contributed by atoms with Gasteiger partial charge in [0.25, 0.3) is 0 Å². The van der Waals surface area contributed by atoms with E-state index in [1.54, 1.807) is 4.90 Å². The van der Waals surface area contributed by atoms with E-state index in [4.69, 9.17) is 10.9 Å². The van der Waals surface area contributed by atoms with Crippen LogP contribution < -0.4 is 16.1 Å². The van der Waals surface area contributed by atoms with Crippen molar-refractivity contribution in [1.29, 1.82) is 0 Å². The van der Waals surface area contributed by atoms with E-state index in [9.17, 15) is 14.4 Å². The Kier molecular flexibility index (Phi) is 5.03. The molecule has 1 aromatic carbocycles. The summed E-state index contributed by atoms with van der Waals surface area (Å²) >= 11 is 0. The number of aromatic nitrogens is 2. The van der Waals surface area contributed by atoms with Gasteiger partial charge in [0, 0.05) is 24.2 Å². The van der Waals surface area contributed by atoms with Crippen LogP contribution in [0.25, 0.3) is 0 Å². The number of rotatable bonds is 6. The van der Waals surface area contributed by atoms with Gasteiger partial charge in [-0.2, -0.15) is 5.10 Å². The first-order chi connectivity index (χ1) is 13.9. The minimum Gasteiger partial charge on any atom is -0.481 e. The summed E-state index contributed by atoms with van der Waals surface area (Å²) in [5, 5.41) is 20.2. The molecule has 1 atom stereocenters. The summed E-state index contributed by atoms with van der Waals surface area (Å²) in [5.74, 6) is 5.08. The molecule has 0 spiro atoms. The van der Waals surface area contributed by atoms with E-state index in [1.165, 1.54) is 5.01 Å². The number of nitrogens with zero attached hydrogens (tertiary/aromatic N) is 3. The van der Waals surface area contributed by atoms with E-state index in [0.29, 0.717) is 30.0 Å². The largest absolute Gasteiger partial charge is 0.481 e. The van der Waals surface area contributed by atoms with Gasteiger partial charge in [0.15, 0.2) is 5.82 Å². The maximum Gasteiger partial charge on any atom is 0.305 e. The number of aliphatic carboxylic acids is 1. The SMILES string of the molecule is NN1Cc2[nH]nc(NC(=O)Cc3ccc(N4CCCC4=O)cc3)c2C1CC(=O)O. The zero-order valence-corrected chi connectivity index (χ0v) is 15.7. The number of benzene rings is 1. The molecule has 3 heterocycles. The van der Waals surface area contributed by atoms with Crippen LogP contribution in [0.2, 0.25) is 0 Å². The Hall–Kier alpha value is -3.24. The Morgan fingerprint density at radius 2 is 2.07 bits per heavy atom. The van der Waals surface area contributed by atoms with Gasteiger partial charge in [0.05, 0.1) is 31.1 Å². The van der Waals surface area contributed by atoms with Crippen LogP contribution in [0.4, 0.5) is 11.5 Å². The maximum absolute atomic E-state index is 12.5. The van der Waals surface area contributed by atoms with Crippen LogP contribution >= 0.6 is 0 Å². The zero-order chi connectivity index (χ0) is 20.5. The van der Waals surface area contributed by atoms with Gasteiger partial charge in [-0.25, -0.2) is 5.01 Å². The number of nitrogens with one attached hydrogen (secondary N) is 2. The summed E-state index contributed by atoms with van der Waals surface area (Å²) in [6.45, 7) is 1.06. The summed E-state index contributed by atoms with van der Waals surface area (Å²) in [5.41, 5.74) is 2.95. The highest BCUT2D eigenvalue weighted by atomic mass is 16.4. The normalized spacial score (nSPS) is 18.9. The van der Waals surface area contributed by atoms with Crippen molar-refractivity contribution in [2.45, 2.75) is 38.3 Å². The van der Waals surface area contributed by atoms with Gasteiger partial charge in [0.1, 0.15) is 0 Å². The topological polar surface area (TPSA) is 145 Å². The van der Waals surface area contributed by atoms with Gasteiger partial charge >= 0.3 is 5.97 Å². The van der Waals surface area contributed by atoms with Crippen molar-refractivity contribution in [2.75, 3.05) is 16.8 Å². The summed E-state index contributed by atoms with van der Waals surface area (Å²) < 4.78 is 0. The molecular weight excluding hydrogens is 376 g/mol. The van der Waals surface area contributed by atoms with Crippen LogP contribution in [0.5, 0.6) is 0 Å². The van der Waals surface area contributed by atoms with Crippen LogP contribution in [0.3, 0.4) is 0 Å². The number of carboxylic acid groups (broad SMARTS) is 1. The molecule has 2 aliphatic heterocycles. The molecule has 10 heteroatoms. The second-order valence-electron chi connectivity index (χ2n) is 7.29. The first-order valence-electron chi connectivity index (χ1n) is 9.42. The third-order valence-electron chi connectivity index (χ3n) is 5.27. The van der Waals surface area contributed by atoms with Crippen LogP contribution in [0.1, 0.15) is 42.1 Å². The molecule has 10 nitrogen and oxygen atoms in total. The Balaban J connectivity index is 1.42. The molecular formula is C19H22N6O4. The maximum atomic E-state index is 12.5. The summed E-state index contributed by atoms with van der Waals surface area (Å²) in [4.78, 5) is 37.2. The molecule has 29 heavy (non-hydrogen) atoms. The minimum absolute atomic E-state index is 0.118. The number of fused-ring (bicyclic) bond motifs is 1. The first kappa shape index (κ1) is 19.1. The number of hydrazine groups is 1. The molecule has 2 aromatic rings. The number of H-pyrrole nitrogens is 1. The average Bonchev–Trinajstić information content (AvgIpc) is 3.34.